The first-order valence-corrected chi connectivity index (χ1v) is 11.5. The summed E-state index contributed by atoms with van der Waals surface area (Å²) in [6, 6.07) is 5.00. The second-order valence-electron chi connectivity index (χ2n) is 9.92. The third kappa shape index (κ3) is 5.71. The number of nitrogens with zero attached hydrogens (tertiary/aromatic N) is 3. The van der Waals surface area contributed by atoms with Crippen molar-refractivity contribution in [3.63, 3.8) is 0 Å². The van der Waals surface area contributed by atoms with Crippen LogP contribution in [0.3, 0.4) is 0 Å². The summed E-state index contributed by atoms with van der Waals surface area (Å²) in [6.07, 6.45) is 1.23. The van der Waals surface area contributed by atoms with E-state index in [4.69, 9.17) is 0 Å². The Hall–Kier alpha value is -2.94. The van der Waals surface area contributed by atoms with Gasteiger partial charge in [0.1, 0.15) is 0 Å². The molecule has 2 amide bonds. The molecule has 1 aromatic carbocycles. The molecule has 2 N–H and O–H groups in total. The van der Waals surface area contributed by atoms with Gasteiger partial charge in [-0.1, -0.05) is 13.8 Å². The van der Waals surface area contributed by atoms with Gasteiger partial charge in [-0.2, -0.15) is 0 Å². The van der Waals surface area contributed by atoms with Gasteiger partial charge in [-0.25, -0.2) is 0 Å². The zero-order chi connectivity index (χ0) is 24.3. The van der Waals surface area contributed by atoms with Crippen LogP contribution in [0.15, 0.2) is 27.8 Å². The number of aryl methyl sites for hydroxylation is 1. The third-order valence-corrected chi connectivity index (χ3v) is 6.18. The van der Waals surface area contributed by atoms with Gasteiger partial charge in [0, 0.05) is 44.2 Å². The van der Waals surface area contributed by atoms with Crippen molar-refractivity contribution < 1.29 is 9.59 Å². The summed E-state index contributed by atoms with van der Waals surface area (Å²) in [5.74, 6) is -0.191. The summed E-state index contributed by atoms with van der Waals surface area (Å²) in [4.78, 5) is 56.1. The number of hydrogen-bond acceptors (Lipinski definition) is 5. The molecule has 2 heterocycles. The van der Waals surface area contributed by atoms with Crippen molar-refractivity contribution in [1.82, 2.24) is 24.7 Å². The molecule has 1 aliphatic heterocycles. The molecule has 9 nitrogen and oxygen atoms in total. The topological polar surface area (TPSA) is 108 Å². The van der Waals surface area contributed by atoms with Gasteiger partial charge < -0.3 is 24.7 Å². The number of fused-ring (bicyclic) bond motifs is 1. The summed E-state index contributed by atoms with van der Waals surface area (Å²) >= 11 is 0. The molecule has 0 saturated carbocycles. The minimum Gasteiger partial charge on any atom is -0.355 e. The zero-order valence-electron chi connectivity index (χ0n) is 20.2. The average Bonchev–Trinajstić information content (AvgIpc) is 2.77. The summed E-state index contributed by atoms with van der Waals surface area (Å²) < 4.78 is 1.40. The fourth-order valence-electron chi connectivity index (χ4n) is 4.64. The highest BCUT2D eigenvalue weighted by Gasteiger charge is 2.29. The molecule has 9 heteroatoms. The van der Waals surface area contributed by atoms with E-state index in [9.17, 15) is 19.2 Å². The van der Waals surface area contributed by atoms with Crippen LogP contribution in [0.1, 0.15) is 44.0 Å². The Morgan fingerprint density at radius 2 is 1.85 bits per heavy atom. The van der Waals surface area contributed by atoms with E-state index in [1.807, 2.05) is 14.1 Å². The van der Waals surface area contributed by atoms with E-state index in [0.717, 1.165) is 6.54 Å². The van der Waals surface area contributed by atoms with E-state index in [1.54, 1.807) is 30.0 Å². The first-order chi connectivity index (χ1) is 15.5. The van der Waals surface area contributed by atoms with E-state index >= 15 is 0 Å². The van der Waals surface area contributed by atoms with Gasteiger partial charge >= 0.3 is 11.1 Å². The molecule has 0 radical (unpaired) electrons. The molecule has 0 unspecified atom stereocenters. The van der Waals surface area contributed by atoms with Crippen LogP contribution in [0.4, 0.5) is 0 Å². The SMILES string of the molecule is CCn1c(=O)c(=O)[nH]c2cc(C(=O)N3CCC(C(=O)NCC(C)(C)CN(C)C)CC3)ccc21. The second-order valence-corrected chi connectivity index (χ2v) is 9.92. The van der Waals surface area contributed by atoms with Crippen molar-refractivity contribution in [3.05, 3.63) is 44.5 Å². The zero-order valence-corrected chi connectivity index (χ0v) is 20.2. The van der Waals surface area contributed by atoms with Crippen molar-refractivity contribution in [2.24, 2.45) is 11.3 Å². The first kappa shape index (κ1) is 24.7. The molecule has 1 fully saturated rings. The van der Waals surface area contributed by atoms with Crippen molar-refractivity contribution in [2.75, 3.05) is 40.3 Å². The summed E-state index contributed by atoms with van der Waals surface area (Å²) in [7, 11) is 4.04. The maximum Gasteiger partial charge on any atom is 0.316 e. The van der Waals surface area contributed by atoms with Crippen LogP contribution in [-0.4, -0.2) is 71.4 Å². The van der Waals surface area contributed by atoms with Crippen molar-refractivity contribution in [2.45, 2.75) is 40.2 Å². The van der Waals surface area contributed by atoms with E-state index in [0.29, 0.717) is 55.6 Å². The third-order valence-electron chi connectivity index (χ3n) is 6.18. The first-order valence-electron chi connectivity index (χ1n) is 11.5. The van der Waals surface area contributed by atoms with Gasteiger partial charge in [0.2, 0.25) is 5.91 Å². The van der Waals surface area contributed by atoms with Crippen LogP contribution in [0, 0.1) is 11.3 Å². The molecule has 0 spiro atoms. The van der Waals surface area contributed by atoms with Crippen LogP contribution < -0.4 is 16.4 Å². The average molecular weight is 458 g/mol. The van der Waals surface area contributed by atoms with Gasteiger partial charge in [-0.3, -0.25) is 19.2 Å². The number of aromatic nitrogens is 2. The molecule has 0 aliphatic carbocycles. The van der Waals surface area contributed by atoms with E-state index in [2.05, 4.69) is 29.0 Å². The lowest BCUT2D eigenvalue weighted by atomic mass is 9.91. The maximum absolute atomic E-state index is 13.0. The molecular weight excluding hydrogens is 422 g/mol. The maximum atomic E-state index is 13.0. The smallest absolute Gasteiger partial charge is 0.316 e. The van der Waals surface area contributed by atoms with Gasteiger partial charge in [0.15, 0.2) is 0 Å². The highest BCUT2D eigenvalue weighted by Crippen LogP contribution is 2.21. The Morgan fingerprint density at radius 3 is 2.45 bits per heavy atom. The summed E-state index contributed by atoms with van der Waals surface area (Å²) in [6.45, 7) is 8.92. The minimum absolute atomic E-state index is 0.0182. The van der Waals surface area contributed by atoms with E-state index in [1.165, 1.54) is 4.57 Å². The monoisotopic (exact) mass is 457 g/mol. The Balaban J connectivity index is 1.63. The molecule has 3 rings (SSSR count). The lowest BCUT2D eigenvalue weighted by Gasteiger charge is -2.33. The number of H-pyrrole nitrogens is 1. The van der Waals surface area contributed by atoms with Crippen LogP contribution in [-0.2, 0) is 11.3 Å². The molecule has 1 saturated heterocycles. The van der Waals surface area contributed by atoms with Crippen LogP contribution in [0.25, 0.3) is 11.0 Å². The largest absolute Gasteiger partial charge is 0.355 e. The summed E-state index contributed by atoms with van der Waals surface area (Å²) in [5.41, 5.74) is 0.181. The number of nitrogens with one attached hydrogen (secondary N) is 2. The highest BCUT2D eigenvalue weighted by molar-refractivity contribution is 5.97. The summed E-state index contributed by atoms with van der Waals surface area (Å²) in [5, 5.41) is 3.08. The van der Waals surface area contributed by atoms with Gasteiger partial charge in [-0.05, 0) is 57.5 Å². The molecule has 1 aliphatic rings. The number of carbonyl (C=O) groups is 2. The van der Waals surface area contributed by atoms with Crippen molar-refractivity contribution in [1.29, 1.82) is 0 Å². The minimum atomic E-state index is -0.700. The van der Waals surface area contributed by atoms with Crippen LogP contribution in [0.2, 0.25) is 0 Å². The quantitative estimate of drug-likeness (QED) is 0.609. The Labute approximate surface area is 193 Å². The normalized spacial score (nSPS) is 15.3. The van der Waals surface area contributed by atoms with Crippen molar-refractivity contribution in [3.8, 4) is 0 Å². The Bertz CT molecular complexity index is 1140. The van der Waals surface area contributed by atoms with Crippen LogP contribution >= 0.6 is 0 Å². The van der Waals surface area contributed by atoms with Gasteiger partial charge in [0.25, 0.3) is 5.91 Å². The number of amides is 2. The molecule has 33 heavy (non-hydrogen) atoms. The number of carbonyl (C=O) groups excluding carboxylic acids is 2. The van der Waals surface area contributed by atoms with Crippen LogP contribution in [0.5, 0.6) is 0 Å². The lowest BCUT2D eigenvalue weighted by Crippen LogP contribution is -2.46. The second kappa shape index (κ2) is 9.91. The highest BCUT2D eigenvalue weighted by atomic mass is 16.2. The lowest BCUT2D eigenvalue weighted by molar-refractivity contribution is -0.126. The van der Waals surface area contributed by atoms with Crippen molar-refractivity contribution >= 4 is 22.8 Å². The van der Waals surface area contributed by atoms with Gasteiger partial charge in [-0.15, -0.1) is 0 Å². The number of benzene rings is 1. The molecule has 180 valence electrons. The molecular formula is C24H35N5O4. The molecule has 1 aromatic heterocycles. The fourth-order valence-corrected chi connectivity index (χ4v) is 4.64. The van der Waals surface area contributed by atoms with E-state index in [-0.39, 0.29) is 23.1 Å². The number of rotatable bonds is 7. The number of likely N-dealkylation sites (tertiary alicyclic amines) is 1. The molecule has 2 aromatic rings. The molecule has 0 atom stereocenters. The molecule has 0 bridgehead atoms. The van der Waals surface area contributed by atoms with Gasteiger partial charge in [0.05, 0.1) is 11.0 Å². The number of aromatic amines is 1. The number of piperidine rings is 1. The predicted molar refractivity (Wildman–Crippen MR) is 128 cm³/mol. The fraction of sp³-hybridized carbons (Fsp3) is 0.583. The Kier molecular flexibility index (Phi) is 7.41. The Morgan fingerprint density at radius 1 is 1.18 bits per heavy atom. The predicted octanol–water partition coefficient (Wildman–Crippen LogP) is 1.27. The standard InChI is InChI=1S/C24H35N5O4/c1-6-29-19-8-7-17(13-18(19)26-21(31)23(29)33)22(32)28-11-9-16(10-12-28)20(30)25-14-24(2,3)15-27(4)5/h7-8,13,16H,6,9-12,14-15H2,1-5H3,(H,25,30)(H,26,31). The van der Waals surface area contributed by atoms with E-state index < -0.39 is 11.1 Å². The number of hydrogen-bond donors (Lipinski definition) is 2.